The van der Waals surface area contributed by atoms with E-state index >= 15 is 0 Å². The summed E-state index contributed by atoms with van der Waals surface area (Å²) in [5, 5.41) is 5.62. The van der Waals surface area contributed by atoms with Gasteiger partial charge in [-0.25, -0.2) is 0 Å². The highest BCUT2D eigenvalue weighted by atomic mass is 35.5. The fourth-order valence-corrected chi connectivity index (χ4v) is 3.64. The molecule has 0 saturated heterocycles. The average molecular weight is 315 g/mol. The maximum absolute atomic E-state index is 5.95. The molecule has 2 heterocycles. The lowest BCUT2D eigenvalue weighted by Gasteiger charge is -2.24. The first-order valence-corrected chi connectivity index (χ1v) is 8.40. The molecular formula is C14H19ClN2S2. The Kier molecular flexibility index (Phi) is 5.85. The molecule has 2 aromatic heterocycles. The van der Waals surface area contributed by atoms with Gasteiger partial charge in [0.05, 0.1) is 4.34 Å². The largest absolute Gasteiger partial charge is 0.310 e. The van der Waals surface area contributed by atoms with Crippen molar-refractivity contribution >= 4 is 34.3 Å². The van der Waals surface area contributed by atoms with E-state index in [1.165, 1.54) is 9.75 Å². The molecule has 0 spiro atoms. The second kappa shape index (κ2) is 7.41. The Labute approximate surface area is 128 Å². The number of nitrogens with zero attached hydrogens (tertiary/aromatic N) is 1. The second-order valence-corrected chi connectivity index (χ2v) is 7.51. The summed E-state index contributed by atoms with van der Waals surface area (Å²) in [4.78, 5) is 5.06. The van der Waals surface area contributed by atoms with Crippen LogP contribution in [0, 0.1) is 0 Å². The van der Waals surface area contributed by atoms with Crippen molar-refractivity contribution in [2.45, 2.75) is 26.1 Å². The Morgan fingerprint density at radius 3 is 2.79 bits per heavy atom. The summed E-state index contributed by atoms with van der Waals surface area (Å²) in [5.74, 6) is 0. The molecule has 0 aliphatic heterocycles. The normalized spacial score (nSPS) is 13.1. The van der Waals surface area contributed by atoms with Gasteiger partial charge >= 0.3 is 0 Å². The molecular weight excluding hydrogens is 296 g/mol. The van der Waals surface area contributed by atoms with E-state index in [9.17, 15) is 0 Å². The van der Waals surface area contributed by atoms with Crippen LogP contribution in [0.3, 0.4) is 0 Å². The molecule has 0 radical (unpaired) electrons. The van der Waals surface area contributed by atoms with Gasteiger partial charge in [-0.3, -0.25) is 4.90 Å². The first-order valence-electron chi connectivity index (χ1n) is 6.32. The van der Waals surface area contributed by atoms with Gasteiger partial charge in [0.1, 0.15) is 0 Å². The van der Waals surface area contributed by atoms with Gasteiger partial charge in [0.2, 0.25) is 0 Å². The first kappa shape index (κ1) is 15.0. The van der Waals surface area contributed by atoms with Crippen molar-refractivity contribution in [1.29, 1.82) is 0 Å². The van der Waals surface area contributed by atoms with Crippen LogP contribution in [0.15, 0.2) is 29.6 Å². The summed E-state index contributed by atoms with van der Waals surface area (Å²) in [7, 11) is 2.16. The minimum absolute atomic E-state index is 0.501. The zero-order chi connectivity index (χ0) is 13.7. The molecule has 2 rings (SSSR count). The highest BCUT2D eigenvalue weighted by Crippen LogP contribution is 2.22. The molecule has 2 aromatic rings. The zero-order valence-electron chi connectivity index (χ0n) is 11.2. The molecule has 0 aromatic carbocycles. The highest BCUT2D eigenvalue weighted by Gasteiger charge is 2.10. The molecule has 2 nitrogen and oxygen atoms in total. The van der Waals surface area contributed by atoms with Crippen LogP contribution in [0.4, 0.5) is 0 Å². The fraction of sp³-hybridized carbons (Fsp3) is 0.429. The summed E-state index contributed by atoms with van der Waals surface area (Å²) in [6.07, 6.45) is 0. The molecule has 1 unspecified atom stereocenters. The van der Waals surface area contributed by atoms with Gasteiger partial charge in [0.25, 0.3) is 0 Å². The number of nitrogens with one attached hydrogen (secondary N) is 1. The van der Waals surface area contributed by atoms with Gasteiger partial charge in [0, 0.05) is 35.4 Å². The Hall–Kier alpha value is -0.390. The van der Waals surface area contributed by atoms with E-state index in [4.69, 9.17) is 11.6 Å². The van der Waals surface area contributed by atoms with Crippen molar-refractivity contribution in [3.05, 3.63) is 43.7 Å². The maximum atomic E-state index is 5.95. The van der Waals surface area contributed by atoms with Crippen LogP contribution in [0.5, 0.6) is 0 Å². The lowest BCUT2D eigenvalue weighted by Crippen LogP contribution is -2.37. The molecule has 0 fully saturated rings. The molecule has 1 atom stereocenters. The van der Waals surface area contributed by atoms with Crippen molar-refractivity contribution in [1.82, 2.24) is 10.2 Å². The maximum Gasteiger partial charge on any atom is 0.0931 e. The Balaban J connectivity index is 1.71. The van der Waals surface area contributed by atoms with Gasteiger partial charge in [-0.2, -0.15) is 0 Å². The van der Waals surface area contributed by atoms with Gasteiger partial charge < -0.3 is 5.32 Å². The van der Waals surface area contributed by atoms with Crippen molar-refractivity contribution in [3.8, 4) is 0 Å². The third-order valence-corrected chi connectivity index (χ3v) is 5.20. The van der Waals surface area contributed by atoms with E-state index in [0.717, 1.165) is 24.0 Å². The van der Waals surface area contributed by atoms with E-state index in [1.54, 1.807) is 22.7 Å². The first-order chi connectivity index (χ1) is 9.15. The molecule has 0 aliphatic carbocycles. The smallest absolute Gasteiger partial charge is 0.0931 e. The van der Waals surface area contributed by atoms with Crippen molar-refractivity contribution < 1.29 is 0 Å². The van der Waals surface area contributed by atoms with E-state index < -0.39 is 0 Å². The van der Waals surface area contributed by atoms with Crippen LogP contribution in [0.25, 0.3) is 0 Å². The minimum Gasteiger partial charge on any atom is -0.310 e. The fourth-order valence-electron chi connectivity index (χ4n) is 1.81. The molecule has 104 valence electrons. The average Bonchev–Trinajstić information content (AvgIpc) is 3.01. The lowest BCUT2D eigenvalue weighted by molar-refractivity contribution is 0.244. The molecule has 0 saturated carbocycles. The summed E-state index contributed by atoms with van der Waals surface area (Å²) >= 11 is 9.41. The van der Waals surface area contributed by atoms with Gasteiger partial charge in [-0.1, -0.05) is 17.7 Å². The molecule has 0 aliphatic rings. The number of hydrogen-bond acceptors (Lipinski definition) is 4. The van der Waals surface area contributed by atoms with Crippen LogP contribution in [-0.4, -0.2) is 24.5 Å². The van der Waals surface area contributed by atoms with Crippen LogP contribution >= 0.6 is 34.3 Å². The second-order valence-electron chi connectivity index (χ2n) is 4.68. The highest BCUT2D eigenvalue weighted by molar-refractivity contribution is 7.16. The van der Waals surface area contributed by atoms with E-state index in [0.29, 0.717) is 6.04 Å². The molecule has 0 bridgehead atoms. The number of hydrogen-bond donors (Lipinski definition) is 1. The topological polar surface area (TPSA) is 15.3 Å². The van der Waals surface area contributed by atoms with E-state index in [1.807, 2.05) is 6.07 Å². The van der Waals surface area contributed by atoms with Gasteiger partial charge in [-0.15, -0.1) is 22.7 Å². The van der Waals surface area contributed by atoms with Crippen LogP contribution in [0.1, 0.15) is 16.7 Å². The zero-order valence-corrected chi connectivity index (χ0v) is 13.6. The summed E-state index contributed by atoms with van der Waals surface area (Å²) in [5.41, 5.74) is 0. The van der Waals surface area contributed by atoms with E-state index in [-0.39, 0.29) is 0 Å². The number of rotatable bonds is 7. The minimum atomic E-state index is 0.501. The Morgan fingerprint density at radius 2 is 2.16 bits per heavy atom. The standard InChI is InChI=1S/C14H19ClN2S2/c1-11(8-16-9-12-4-3-7-18-12)17(2)10-13-5-6-14(15)19-13/h3-7,11,16H,8-10H2,1-2H3. The molecule has 5 heteroatoms. The monoisotopic (exact) mass is 314 g/mol. The quantitative estimate of drug-likeness (QED) is 0.828. The molecule has 19 heavy (non-hydrogen) atoms. The lowest BCUT2D eigenvalue weighted by atomic mass is 10.3. The Morgan fingerprint density at radius 1 is 1.32 bits per heavy atom. The number of likely N-dealkylation sites (N-methyl/N-ethyl adjacent to an activating group) is 1. The molecule has 1 N–H and O–H groups in total. The predicted octanol–water partition coefficient (Wildman–Crippen LogP) is 4.07. The van der Waals surface area contributed by atoms with Crippen LogP contribution in [-0.2, 0) is 13.1 Å². The number of thiophene rings is 2. The third kappa shape index (κ3) is 4.89. The van der Waals surface area contributed by atoms with E-state index in [2.05, 4.69) is 47.8 Å². The van der Waals surface area contributed by atoms with Crippen LogP contribution in [0.2, 0.25) is 4.34 Å². The summed E-state index contributed by atoms with van der Waals surface area (Å²) in [6, 6.07) is 8.84. The predicted molar refractivity (Wildman–Crippen MR) is 86.3 cm³/mol. The van der Waals surface area contributed by atoms with Crippen molar-refractivity contribution in [2.75, 3.05) is 13.6 Å². The third-order valence-electron chi connectivity index (χ3n) is 3.11. The SMILES string of the molecule is CC(CNCc1cccs1)N(C)Cc1ccc(Cl)s1. The van der Waals surface area contributed by atoms with Gasteiger partial charge in [-0.05, 0) is 37.6 Å². The van der Waals surface area contributed by atoms with Gasteiger partial charge in [0.15, 0.2) is 0 Å². The summed E-state index contributed by atoms with van der Waals surface area (Å²) < 4.78 is 0.867. The molecule has 0 amide bonds. The van der Waals surface area contributed by atoms with Crippen LogP contribution < -0.4 is 5.32 Å². The van der Waals surface area contributed by atoms with Crippen molar-refractivity contribution in [3.63, 3.8) is 0 Å². The Bertz CT molecular complexity index is 481. The number of halogens is 1. The summed E-state index contributed by atoms with van der Waals surface area (Å²) in [6.45, 7) is 5.16. The van der Waals surface area contributed by atoms with Crippen molar-refractivity contribution in [2.24, 2.45) is 0 Å².